The van der Waals surface area contributed by atoms with E-state index in [1.54, 1.807) is 27.5 Å². The zero-order chi connectivity index (χ0) is 22.2. The van der Waals surface area contributed by atoms with Crippen molar-refractivity contribution in [1.29, 1.82) is 0 Å². The van der Waals surface area contributed by atoms with Crippen LogP contribution in [-0.4, -0.2) is 50.7 Å². The number of oxazole rings is 1. The molecule has 0 aliphatic rings. The van der Waals surface area contributed by atoms with Crippen molar-refractivity contribution in [2.45, 2.75) is 19.9 Å². The van der Waals surface area contributed by atoms with Crippen LogP contribution in [0.4, 0.5) is 0 Å². The Labute approximate surface area is 183 Å². The van der Waals surface area contributed by atoms with Gasteiger partial charge in [0, 0.05) is 50.8 Å². The third-order valence-corrected chi connectivity index (χ3v) is 4.99. The Kier molecular flexibility index (Phi) is 7.54. The summed E-state index contributed by atoms with van der Waals surface area (Å²) in [4.78, 5) is 11.0. The van der Waals surface area contributed by atoms with Crippen molar-refractivity contribution in [3.8, 4) is 23.0 Å². The van der Waals surface area contributed by atoms with Crippen LogP contribution in [0.5, 0.6) is 11.5 Å². The van der Waals surface area contributed by atoms with Gasteiger partial charge in [0.05, 0.1) is 19.9 Å². The van der Waals surface area contributed by atoms with Gasteiger partial charge in [0.15, 0.2) is 5.96 Å². The smallest absolute Gasteiger partial charge is 0.226 e. The summed E-state index contributed by atoms with van der Waals surface area (Å²) in [6, 6.07) is 14.0. The molecule has 0 atom stereocenters. The van der Waals surface area contributed by atoms with Gasteiger partial charge in [-0.25, -0.2) is 4.98 Å². The van der Waals surface area contributed by atoms with Crippen LogP contribution in [0, 0.1) is 6.92 Å². The molecule has 0 aliphatic carbocycles. The molecule has 164 valence electrons. The summed E-state index contributed by atoms with van der Waals surface area (Å²) >= 11 is 0. The highest BCUT2D eigenvalue weighted by Gasteiger charge is 2.12. The van der Waals surface area contributed by atoms with Gasteiger partial charge in [-0.05, 0) is 31.2 Å². The van der Waals surface area contributed by atoms with E-state index in [0.29, 0.717) is 19.0 Å². The van der Waals surface area contributed by atoms with Gasteiger partial charge in [0.1, 0.15) is 17.8 Å². The molecule has 7 nitrogen and oxygen atoms in total. The minimum absolute atomic E-state index is 0.642. The molecule has 0 fully saturated rings. The van der Waals surface area contributed by atoms with E-state index in [-0.39, 0.29) is 0 Å². The first kappa shape index (κ1) is 22.2. The number of aryl methyl sites for hydroxylation is 1. The number of hydrogen-bond acceptors (Lipinski definition) is 5. The number of methoxy groups -OCH3 is 2. The summed E-state index contributed by atoms with van der Waals surface area (Å²) in [5.41, 5.74) is 4.14. The van der Waals surface area contributed by atoms with Crippen LogP contribution in [0.15, 0.2) is 58.1 Å². The number of aliphatic imine (C=N–C) groups is 1. The van der Waals surface area contributed by atoms with Crippen molar-refractivity contribution in [3.63, 3.8) is 0 Å². The second-order valence-corrected chi connectivity index (χ2v) is 7.27. The highest BCUT2D eigenvalue weighted by Crippen LogP contribution is 2.25. The highest BCUT2D eigenvalue weighted by atomic mass is 16.5. The van der Waals surface area contributed by atoms with E-state index in [1.807, 2.05) is 42.3 Å². The Hall–Kier alpha value is -3.48. The number of nitrogens with one attached hydrogen (secondary N) is 1. The quantitative estimate of drug-likeness (QED) is 0.438. The standard InChI is InChI=1S/C24H30N4O3/c1-17-6-8-18(9-7-17)23-27-20(16-31-23)12-13-26-24(25-2)28(3)15-19-10-11-21(29-4)14-22(19)30-5/h6-11,14,16H,12-13,15H2,1-5H3,(H,25,26). The average molecular weight is 423 g/mol. The third kappa shape index (κ3) is 5.78. The number of hydrogen-bond donors (Lipinski definition) is 1. The van der Waals surface area contributed by atoms with Crippen LogP contribution in [0.2, 0.25) is 0 Å². The summed E-state index contributed by atoms with van der Waals surface area (Å²) in [5, 5.41) is 3.38. The maximum Gasteiger partial charge on any atom is 0.226 e. The van der Waals surface area contributed by atoms with E-state index < -0.39 is 0 Å². The van der Waals surface area contributed by atoms with Gasteiger partial charge >= 0.3 is 0 Å². The summed E-state index contributed by atoms with van der Waals surface area (Å²) in [5.74, 6) is 2.99. The van der Waals surface area contributed by atoms with Gasteiger partial charge in [-0.3, -0.25) is 4.99 Å². The number of nitrogens with zero attached hydrogens (tertiary/aromatic N) is 3. The first-order chi connectivity index (χ1) is 15.0. The van der Waals surface area contributed by atoms with Crippen LogP contribution in [0.25, 0.3) is 11.5 Å². The topological polar surface area (TPSA) is 72.1 Å². The SMILES string of the molecule is CN=C(NCCc1coc(-c2ccc(C)cc2)n1)N(C)Cc1ccc(OC)cc1OC. The molecule has 0 saturated heterocycles. The predicted molar refractivity (Wildman–Crippen MR) is 123 cm³/mol. The molecule has 0 bridgehead atoms. The summed E-state index contributed by atoms with van der Waals surface area (Å²) in [6.45, 7) is 3.40. The maximum absolute atomic E-state index is 5.64. The third-order valence-electron chi connectivity index (χ3n) is 4.99. The van der Waals surface area contributed by atoms with E-state index in [2.05, 4.69) is 34.3 Å². The second kappa shape index (κ2) is 10.5. The van der Waals surface area contributed by atoms with Crippen molar-refractivity contribution in [1.82, 2.24) is 15.2 Å². The molecule has 0 saturated carbocycles. The largest absolute Gasteiger partial charge is 0.497 e. The molecule has 1 N–H and O–H groups in total. The fourth-order valence-electron chi connectivity index (χ4n) is 3.25. The van der Waals surface area contributed by atoms with Crippen LogP contribution < -0.4 is 14.8 Å². The molecule has 0 amide bonds. The van der Waals surface area contributed by atoms with Gasteiger partial charge in [0.25, 0.3) is 0 Å². The lowest BCUT2D eigenvalue weighted by Gasteiger charge is -2.23. The van der Waals surface area contributed by atoms with Crippen molar-refractivity contribution in [2.75, 3.05) is 34.9 Å². The predicted octanol–water partition coefficient (Wildman–Crippen LogP) is 3.92. The van der Waals surface area contributed by atoms with E-state index in [0.717, 1.165) is 40.7 Å². The fraction of sp³-hybridized carbons (Fsp3) is 0.333. The van der Waals surface area contributed by atoms with Gasteiger partial charge in [-0.2, -0.15) is 0 Å². The van der Waals surface area contributed by atoms with Crippen molar-refractivity contribution in [3.05, 3.63) is 65.5 Å². The Morgan fingerprint density at radius 3 is 2.58 bits per heavy atom. The molecule has 31 heavy (non-hydrogen) atoms. The highest BCUT2D eigenvalue weighted by molar-refractivity contribution is 5.79. The van der Waals surface area contributed by atoms with Crippen LogP contribution >= 0.6 is 0 Å². The summed E-state index contributed by atoms with van der Waals surface area (Å²) < 4.78 is 16.4. The molecular formula is C24H30N4O3. The average Bonchev–Trinajstić information content (AvgIpc) is 3.26. The molecule has 7 heteroatoms. The van der Waals surface area contributed by atoms with Crippen LogP contribution in [-0.2, 0) is 13.0 Å². The molecule has 3 rings (SSSR count). The zero-order valence-corrected chi connectivity index (χ0v) is 18.8. The lowest BCUT2D eigenvalue weighted by atomic mass is 10.1. The number of aromatic nitrogens is 1. The molecule has 1 heterocycles. The Morgan fingerprint density at radius 2 is 1.90 bits per heavy atom. The second-order valence-electron chi connectivity index (χ2n) is 7.27. The maximum atomic E-state index is 5.64. The lowest BCUT2D eigenvalue weighted by Crippen LogP contribution is -2.39. The van der Waals surface area contributed by atoms with Crippen LogP contribution in [0.3, 0.4) is 0 Å². The summed E-state index contributed by atoms with van der Waals surface area (Å²) in [6.07, 6.45) is 2.44. The monoisotopic (exact) mass is 422 g/mol. The Morgan fingerprint density at radius 1 is 1.13 bits per heavy atom. The first-order valence-electron chi connectivity index (χ1n) is 10.2. The Balaban J connectivity index is 1.55. The molecule has 2 aromatic carbocycles. The summed E-state index contributed by atoms with van der Waals surface area (Å²) in [7, 11) is 7.07. The van der Waals surface area contributed by atoms with E-state index in [9.17, 15) is 0 Å². The lowest BCUT2D eigenvalue weighted by molar-refractivity contribution is 0.382. The van der Waals surface area contributed by atoms with Gasteiger partial charge in [0.2, 0.25) is 5.89 Å². The molecule has 0 radical (unpaired) electrons. The van der Waals surface area contributed by atoms with E-state index in [4.69, 9.17) is 13.9 Å². The van der Waals surface area contributed by atoms with Crippen LogP contribution in [0.1, 0.15) is 16.8 Å². The zero-order valence-electron chi connectivity index (χ0n) is 18.8. The number of guanidine groups is 1. The van der Waals surface area contributed by atoms with Crippen molar-refractivity contribution >= 4 is 5.96 Å². The Bertz CT molecular complexity index is 1010. The first-order valence-corrected chi connectivity index (χ1v) is 10.2. The number of ether oxygens (including phenoxy) is 2. The van der Waals surface area contributed by atoms with Crippen molar-refractivity contribution in [2.24, 2.45) is 4.99 Å². The molecule has 1 aromatic heterocycles. The van der Waals surface area contributed by atoms with E-state index in [1.165, 1.54) is 5.56 Å². The minimum atomic E-state index is 0.642. The molecular weight excluding hydrogens is 392 g/mol. The molecule has 0 spiro atoms. The van der Waals surface area contributed by atoms with Gasteiger partial charge < -0.3 is 24.1 Å². The molecule has 3 aromatic rings. The van der Waals surface area contributed by atoms with Gasteiger partial charge in [-0.15, -0.1) is 0 Å². The van der Waals surface area contributed by atoms with Crippen molar-refractivity contribution < 1.29 is 13.9 Å². The minimum Gasteiger partial charge on any atom is -0.497 e. The number of benzene rings is 2. The fourth-order valence-corrected chi connectivity index (χ4v) is 3.25. The normalized spacial score (nSPS) is 11.3. The molecule has 0 aliphatic heterocycles. The molecule has 0 unspecified atom stereocenters. The number of rotatable bonds is 8. The van der Waals surface area contributed by atoms with Gasteiger partial charge in [-0.1, -0.05) is 17.7 Å². The van der Waals surface area contributed by atoms with E-state index >= 15 is 0 Å².